The van der Waals surface area contributed by atoms with Crippen LogP contribution >= 0.6 is 22.9 Å². The lowest BCUT2D eigenvalue weighted by atomic mass is 10.1. The van der Waals surface area contributed by atoms with Gasteiger partial charge in [0.1, 0.15) is 6.29 Å². The van der Waals surface area contributed by atoms with Crippen LogP contribution in [0, 0.1) is 6.92 Å². The Bertz CT molecular complexity index is 1280. The Morgan fingerprint density at radius 3 is 3.00 bits per heavy atom. The number of pyridine rings is 1. The van der Waals surface area contributed by atoms with E-state index in [1.807, 2.05) is 42.3 Å². The molecule has 0 saturated carbocycles. The molecule has 1 aliphatic rings. The van der Waals surface area contributed by atoms with Crippen LogP contribution in [0.1, 0.15) is 16.1 Å². The first kappa shape index (κ1) is 21.1. The second-order valence-corrected chi connectivity index (χ2v) is 9.81. The van der Waals surface area contributed by atoms with Crippen LogP contribution < -0.4 is 0 Å². The van der Waals surface area contributed by atoms with Crippen molar-refractivity contribution in [3.8, 4) is 0 Å². The highest BCUT2D eigenvalue weighted by atomic mass is 35.5. The number of H-pyrrole nitrogens is 1. The number of halogens is 1. The van der Waals surface area contributed by atoms with E-state index in [4.69, 9.17) is 11.6 Å². The van der Waals surface area contributed by atoms with Gasteiger partial charge in [0.05, 0.1) is 12.5 Å². The zero-order chi connectivity index (χ0) is 22.2. The molecule has 5 rings (SSSR count). The molecule has 1 aliphatic heterocycles. The number of piperazine rings is 1. The fourth-order valence-electron chi connectivity index (χ4n) is 4.40. The molecule has 32 heavy (non-hydrogen) atoms. The molecule has 6 nitrogen and oxygen atoms in total. The summed E-state index contributed by atoms with van der Waals surface area (Å²) in [5.41, 5.74) is 3.19. The largest absolute Gasteiger partial charge is 0.357 e. The van der Waals surface area contributed by atoms with Gasteiger partial charge < -0.3 is 14.7 Å². The van der Waals surface area contributed by atoms with Gasteiger partial charge in [0.25, 0.3) is 0 Å². The molecule has 164 valence electrons. The third-order valence-corrected chi connectivity index (χ3v) is 7.71. The fourth-order valence-corrected chi connectivity index (χ4v) is 5.75. The van der Waals surface area contributed by atoms with E-state index in [-0.39, 0.29) is 11.9 Å². The van der Waals surface area contributed by atoms with E-state index in [2.05, 4.69) is 20.9 Å². The van der Waals surface area contributed by atoms with Gasteiger partial charge in [-0.15, -0.1) is 11.3 Å². The van der Waals surface area contributed by atoms with E-state index in [0.29, 0.717) is 37.6 Å². The first-order valence-corrected chi connectivity index (χ1v) is 11.8. The number of nitrogens with zero attached hydrogens (tertiary/aromatic N) is 3. The minimum Gasteiger partial charge on any atom is -0.357 e. The van der Waals surface area contributed by atoms with E-state index in [1.54, 1.807) is 17.5 Å². The van der Waals surface area contributed by atoms with Crippen molar-refractivity contribution in [2.45, 2.75) is 25.9 Å². The molecule has 0 aliphatic carbocycles. The third-order valence-electron chi connectivity index (χ3n) is 6.20. The third kappa shape index (κ3) is 4.03. The van der Waals surface area contributed by atoms with E-state index in [9.17, 15) is 9.59 Å². The SMILES string of the molecule is Cc1c(CC(=O)N2CCN(Cc3cc4cnccc4[nH]3)C(C=O)C2)sc2ccc(Cl)cc12. The molecule has 1 unspecified atom stereocenters. The number of aromatic amines is 1. The summed E-state index contributed by atoms with van der Waals surface area (Å²) in [6.07, 6.45) is 4.89. The number of fused-ring (bicyclic) bond motifs is 2. The quantitative estimate of drug-likeness (QED) is 0.448. The molecule has 0 radical (unpaired) electrons. The molecular weight excluding hydrogens is 444 g/mol. The normalized spacial score (nSPS) is 17.3. The number of carbonyl (C=O) groups excluding carboxylic acids is 2. The van der Waals surface area contributed by atoms with Gasteiger partial charge in [-0.3, -0.25) is 14.7 Å². The van der Waals surface area contributed by atoms with Crippen LogP contribution in [-0.4, -0.2) is 57.6 Å². The number of aromatic nitrogens is 2. The van der Waals surface area contributed by atoms with Crippen molar-refractivity contribution in [3.63, 3.8) is 0 Å². The Hall–Kier alpha value is -2.74. The van der Waals surface area contributed by atoms with Crippen molar-refractivity contribution in [1.82, 2.24) is 19.8 Å². The number of carbonyl (C=O) groups is 2. The lowest BCUT2D eigenvalue weighted by Gasteiger charge is -2.38. The molecule has 0 bridgehead atoms. The number of benzene rings is 1. The minimum absolute atomic E-state index is 0.0638. The highest BCUT2D eigenvalue weighted by Crippen LogP contribution is 2.33. The molecular formula is C24H23ClN4O2S. The standard InChI is InChI=1S/C24H23ClN4O2S/c1-15-20-9-17(25)2-3-22(20)32-23(15)10-24(31)29-7-6-28(19(13-29)14-30)12-18-8-16-11-26-5-4-21(16)27-18/h2-5,8-9,11,14,19,27H,6-7,10,12-13H2,1H3. The average Bonchev–Trinajstić information content (AvgIpc) is 3.34. The van der Waals surface area contributed by atoms with Gasteiger partial charge in [0, 0.05) is 69.8 Å². The number of aryl methyl sites for hydroxylation is 1. The summed E-state index contributed by atoms with van der Waals surface area (Å²) in [6.45, 7) is 4.36. The maximum absolute atomic E-state index is 13.1. The fraction of sp³-hybridized carbons (Fsp3) is 0.292. The molecule has 0 spiro atoms. The van der Waals surface area contributed by atoms with Crippen LogP contribution in [0.2, 0.25) is 5.02 Å². The summed E-state index contributed by atoms with van der Waals surface area (Å²) in [5, 5.41) is 2.86. The average molecular weight is 467 g/mol. The lowest BCUT2D eigenvalue weighted by Crippen LogP contribution is -2.55. The molecule has 1 saturated heterocycles. The van der Waals surface area contributed by atoms with E-state index in [1.165, 1.54) is 0 Å². The summed E-state index contributed by atoms with van der Waals surface area (Å²) in [6, 6.07) is 9.53. The van der Waals surface area contributed by atoms with E-state index in [0.717, 1.165) is 43.4 Å². The summed E-state index contributed by atoms with van der Waals surface area (Å²) in [5.74, 6) is 0.0638. The molecule has 3 aromatic heterocycles. The number of thiophene rings is 1. The van der Waals surface area contributed by atoms with Gasteiger partial charge in [0.15, 0.2) is 0 Å². The van der Waals surface area contributed by atoms with Gasteiger partial charge in [-0.25, -0.2) is 0 Å². The van der Waals surface area contributed by atoms with Crippen molar-refractivity contribution >= 4 is 56.1 Å². The van der Waals surface area contributed by atoms with Crippen LogP contribution in [0.4, 0.5) is 0 Å². The van der Waals surface area contributed by atoms with Crippen molar-refractivity contribution in [1.29, 1.82) is 0 Å². The number of hydrogen-bond acceptors (Lipinski definition) is 5. The highest BCUT2D eigenvalue weighted by molar-refractivity contribution is 7.19. The summed E-state index contributed by atoms with van der Waals surface area (Å²) >= 11 is 7.78. The molecule has 8 heteroatoms. The summed E-state index contributed by atoms with van der Waals surface area (Å²) in [4.78, 5) is 37.5. The van der Waals surface area contributed by atoms with Gasteiger partial charge in [0.2, 0.25) is 5.91 Å². The lowest BCUT2D eigenvalue weighted by molar-refractivity contribution is -0.134. The molecule has 1 atom stereocenters. The smallest absolute Gasteiger partial charge is 0.227 e. The first-order valence-electron chi connectivity index (χ1n) is 10.6. The van der Waals surface area contributed by atoms with Gasteiger partial charge >= 0.3 is 0 Å². The second-order valence-electron chi connectivity index (χ2n) is 8.24. The van der Waals surface area contributed by atoms with E-state index >= 15 is 0 Å². The molecule has 1 fully saturated rings. The predicted molar refractivity (Wildman–Crippen MR) is 128 cm³/mol. The maximum atomic E-state index is 13.1. The van der Waals surface area contributed by atoms with Crippen molar-refractivity contribution in [2.24, 2.45) is 0 Å². The van der Waals surface area contributed by atoms with Crippen LogP contribution in [0.5, 0.6) is 0 Å². The number of rotatable bonds is 5. The zero-order valence-corrected chi connectivity index (χ0v) is 19.2. The monoisotopic (exact) mass is 466 g/mol. The summed E-state index contributed by atoms with van der Waals surface area (Å²) in [7, 11) is 0. The van der Waals surface area contributed by atoms with Crippen molar-refractivity contribution < 1.29 is 9.59 Å². The number of hydrogen-bond donors (Lipinski definition) is 1. The molecule has 1 amide bonds. The molecule has 4 aromatic rings. The van der Waals surface area contributed by atoms with Crippen LogP contribution in [0.3, 0.4) is 0 Å². The van der Waals surface area contributed by atoms with Gasteiger partial charge in [-0.1, -0.05) is 11.6 Å². The Morgan fingerprint density at radius 2 is 2.19 bits per heavy atom. The Morgan fingerprint density at radius 1 is 1.31 bits per heavy atom. The number of amides is 1. The van der Waals surface area contributed by atoms with Crippen LogP contribution in [-0.2, 0) is 22.6 Å². The highest BCUT2D eigenvalue weighted by Gasteiger charge is 2.30. The molecule has 1 aromatic carbocycles. The van der Waals surface area contributed by atoms with Gasteiger partial charge in [-0.05, 0) is 48.2 Å². The topological polar surface area (TPSA) is 69.3 Å². The Labute approximate surface area is 194 Å². The van der Waals surface area contributed by atoms with Crippen molar-refractivity contribution in [3.05, 3.63) is 63.9 Å². The first-order chi connectivity index (χ1) is 15.5. The predicted octanol–water partition coefficient (Wildman–Crippen LogP) is 4.19. The number of aldehydes is 1. The minimum atomic E-state index is -0.320. The van der Waals surface area contributed by atoms with E-state index < -0.39 is 0 Å². The Balaban J connectivity index is 1.27. The second kappa shape index (κ2) is 8.65. The van der Waals surface area contributed by atoms with Crippen molar-refractivity contribution in [2.75, 3.05) is 19.6 Å². The van der Waals surface area contributed by atoms with Crippen LogP contribution in [0.25, 0.3) is 21.0 Å². The molecule has 1 N–H and O–H groups in total. The maximum Gasteiger partial charge on any atom is 0.227 e. The van der Waals surface area contributed by atoms with Crippen LogP contribution in [0.15, 0.2) is 42.7 Å². The van der Waals surface area contributed by atoms with Gasteiger partial charge in [-0.2, -0.15) is 0 Å². The number of nitrogens with one attached hydrogen (secondary N) is 1. The zero-order valence-electron chi connectivity index (χ0n) is 17.7. The summed E-state index contributed by atoms with van der Waals surface area (Å²) < 4.78 is 1.14. The molecule has 4 heterocycles. The Kier molecular flexibility index (Phi) is 5.71.